The number of aromatic amines is 1. The van der Waals surface area contributed by atoms with E-state index in [0.717, 1.165) is 28.1 Å². The van der Waals surface area contributed by atoms with Crippen LogP contribution in [0, 0.1) is 4.77 Å². The zero-order valence-corrected chi connectivity index (χ0v) is 15.9. The average Bonchev–Trinajstić information content (AvgIpc) is 3.09. The van der Waals surface area contributed by atoms with Crippen molar-refractivity contribution in [3.63, 3.8) is 0 Å². The van der Waals surface area contributed by atoms with Crippen LogP contribution in [0.3, 0.4) is 0 Å². The molecule has 0 fully saturated rings. The number of phenolic OH excluding ortho intramolecular Hbond substituents is 2. The van der Waals surface area contributed by atoms with E-state index < -0.39 is 0 Å². The molecule has 3 aromatic carbocycles. The molecule has 1 aromatic heterocycles. The first-order valence-corrected chi connectivity index (χ1v) is 9.34. The van der Waals surface area contributed by atoms with Crippen LogP contribution in [-0.2, 0) is 13.0 Å². The van der Waals surface area contributed by atoms with E-state index in [1.165, 1.54) is 6.07 Å². The summed E-state index contributed by atoms with van der Waals surface area (Å²) in [5.41, 5.74) is 3.95. The van der Waals surface area contributed by atoms with Crippen LogP contribution in [0.25, 0.3) is 22.5 Å². The van der Waals surface area contributed by atoms with Gasteiger partial charge in [-0.05, 0) is 47.5 Å². The van der Waals surface area contributed by atoms with E-state index in [1.54, 1.807) is 12.1 Å². The van der Waals surface area contributed by atoms with E-state index in [-0.39, 0.29) is 11.5 Å². The average molecular weight is 389 g/mol. The van der Waals surface area contributed by atoms with Crippen molar-refractivity contribution in [3.8, 4) is 34.0 Å². The van der Waals surface area contributed by atoms with Gasteiger partial charge in [-0.2, -0.15) is 5.10 Å². The second-order valence-electron chi connectivity index (χ2n) is 6.51. The minimum atomic E-state index is 0.0413. The van der Waals surface area contributed by atoms with E-state index in [4.69, 9.17) is 12.2 Å². The van der Waals surface area contributed by atoms with Crippen LogP contribution in [0.2, 0.25) is 0 Å². The van der Waals surface area contributed by atoms with Crippen LogP contribution in [0.15, 0.2) is 72.8 Å². The van der Waals surface area contributed by atoms with Crippen molar-refractivity contribution < 1.29 is 10.2 Å². The summed E-state index contributed by atoms with van der Waals surface area (Å²) in [7, 11) is 0. The maximum absolute atomic E-state index is 10.0. The third-order valence-electron chi connectivity index (χ3n) is 4.66. The molecule has 0 bridgehead atoms. The predicted molar refractivity (Wildman–Crippen MR) is 112 cm³/mol. The number of nitrogens with one attached hydrogen (secondary N) is 1. The van der Waals surface area contributed by atoms with Gasteiger partial charge in [0.15, 0.2) is 10.6 Å². The Morgan fingerprint density at radius 3 is 2.39 bits per heavy atom. The largest absolute Gasteiger partial charge is 0.508 e. The summed E-state index contributed by atoms with van der Waals surface area (Å²) >= 11 is 5.41. The van der Waals surface area contributed by atoms with Crippen LogP contribution in [-0.4, -0.2) is 25.0 Å². The Morgan fingerprint density at radius 1 is 0.857 bits per heavy atom. The quantitative estimate of drug-likeness (QED) is 0.423. The van der Waals surface area contributed by atoms with Crippen molar-refractivity contribution in [1.29, 1.82) is 0 Å². The highest BCUT2D eigenvalue weighted by Crippen LogP contribution is 2.27. The van der Waals surface area contributed by atoms with E-state index in [1.807, 2.05) is 34.9 Å². The monoisotopic (exact) mass is 389 g/mol. The van der Waals surface area contributed by atoms with Gasteiger partial charge >= 0.3 is 0 Å². The first-order valence-electron chi connectivity index (χ1n) is 8.94. The van der Waals surface area contributed by atoms with Crippen LogP contribution >= 0.6 is 12.2 Å². The van der Waals surface area contributed by atoms with Crippen molar-refractivity contribution in [3.05, 3.63) is 83.1 Å². The molecular formula is C22H19N3O2S. The van der Waals surface area contributed by atoms with Gasteiger partial charge in [0.2, 0.25) is 0 Å². The molecule has 4 rings (SSSR count). The maximum Gasteiger partial charge on any atom is 0.195 e. The molecule has 0 aliphatic carbocycles. The van der Waals surface area contributed by atoms with Crippen LogP contribution in [0.1, 0.15) is 5.56 Å². The van der Waals surface area contributed by atoms with E-state index in [9.17, 15) is 10.2 Å². The topological polar surface area (TPSA) is 74.1 Å². The maximum atomic E-state index is 10.0. The molecule has 0 spiro atoms. The standard InChI is InChI=1S/C22H19N3O2S/c26-19-10-9-16(20(27)14-19)11-12-25-21(23-24-22(25)28)18-8-4-7-17(13-18)15-5-2-1-3-6-15/h1-10,13-14,26-27H,11-12H2,(H,24,28). The molecule has 0 aliphatic heterocycles. The summed E-state index contributed by atoms with van der Waals surface area (Å²) in [6.07, 6.45) is 0.561. The Hall–Kier alpha value is -3.38. The Balaban J connectivity index is 1.64. The minimum Gasteiger partial charge on any atom is -0.508 e. The lowest BCUT2D eigenvalue weighted by molar-refractivity contribution is 0.444. The van der Waals surface area contributed by atoms with Crippen molar-refractivity contribution in [2.45, 2.75) is 13.0 Å². The fourth-order valence-electron chi connectivity index (χ4n) is 3.21. The van der Waals surface area contributed by atoms with Crippen molar-refractivity contribution in [2.24, 2.45) is 0 Å². The molecular weight excluding hydrogens is 370 g/mol. The van der Waals surface area contributed by atoms with Gasteiger partial charge in [0, 0.05) is 18.2 Å². The molecule has 0 radical (unpaired) electrons. The zero-order chi connectivity index (χ0) is 19.5. The van der Waals surface area contributed by atoms with E-state index in [2.05, 4.69) is 34.5 Å². The molecule has 0 saturated carbocycles. The van der Waals surface area contributed by atoms with Gasteiger partial charge in [-0.3, -0.25) is 9.67 Å². The number of rotatable bonds is 5. The number of aromatic hydroxyl groups is 2. The van der Waals surface area contributed by atoms with Gasteiger partial charge in [-0.25, -0.2) is 0 Å². The smallest absolute Gasteiger partial charge is 0.195 e. The fraction of sp³-hybridized carbons (Fsp3) is 0.0909. The van der Waals surface area contributed by atoms with Crippen LogP contribution in [0.4, 0.5) is 0 Å². The first-order chi connectivity index (χ1) is 13.6. The molecule has 6 heteroatoms. The number of hydrogen-bond acceptors (Lipinski definition) is 4. The van der Waals surface area contributed by atoms with Crippen molar-refractivity contribution >= 4 is 12.2 Å². The highest BCUT2D eigenvalue weighted by Gasteiger charge is 2.11. The molecule has 4 aromatic rings. The lowest BCUT2D eigenvalue weighted by Gasteiger charge is -2.10. The molecule has 3 N–H and O–H groups in total. The lowest BCUT2D eigenvalue weighted by Crippen LogP contribution is -2.04. The highest BCUT2D eigenvalue weighted by atomic mass is 32.1. The van der Waals surface area contributed by atoms with Gasteiger partial charge in [-0.15, -0.1) is 0 Å². The summed E-state index contributed by atoms with van der Waals surface area (Å²) in [5.74, 6) is 0.864. The molecule has 140 valence electrons. The second-order valence-corrected chi connectivity index (χ2v) is 6.90. The summed E-state index contributed by atoms with van der Waals surface area (Å²) in [6.45, 7) is 0.554. The summed E-state index contributed by atoms with van der Waals surface area (Å²) in [4.78, 5) is 0. The Morgan fingerprint density at radius 2 is 1.61 bits per heavy atom. The third kappa shape index (κ3) is 3.68. The van der Waals surface area contributed by atoms with Gasteiger partial charge in [0.25, 0.3) is 0 Å². The van der Waals surface area contributed by atoms with Gasteiger partial charge in [0.05, 0.1) is 0 Å². The van der Waals surface area contributed by atoms with Gasteiger partial charge in [-0.1, -0.05) is 54.6 Å². The minimum absolute atomic E-state index is 0.0413. The summed E-state index contributed by atoms with van der Waals surface area (Å²) in [6, 6.07) is 23.0. The number of nitrogens with zero attached hydrogens (tertiary/aromatic N) is 2. The Kier molecular flexibility index (Phi) is 4.95. The van der Waals surface area contributed by atoms with Gasteiger partial charge in [0.1, 0.15) is 11.5 Å². The summed E-state index contributed by atoms with van der Waals surface area (Å²) < 4.78 is 2.45. The molecule has 5 nitrogen and oxygen atoms in total. The van der Waals surface area contributed by atoms with Gasteiger partial charge < -0.3 is 10.2 Å². The van der Waals surface area contributed by atoms with Crippen LogP contribution < -0.4 is 0 Å². The van der Waals surface area contributed by atoms with Crippen LogP contribution in [0.5, 0.6) is 11.5 Å². The Labute approximate surface area is 167 Å². The zero-order valence-electron chi connectivity index (χ0n) is 15.0. The number of hydrogen-bond donors (Lipinski definition) is 3. The SMILES string of the molecule is Oc1ccc(CCn2c(-c3cccc(-c4ccccc4)c3)n[nH]c2=S)c(O)c1. The number of aryl methyl sites for hydroxylation is 1. The Bertz CT molecular complexity index is 1170. The molecule has 0 unspecified atom stereocenters. The number of aromatic nitrogens is 3. The van der Waals surface area contributed by atoms with Crippen molar-refractivity contribution in [1.82, 2.24) is 14.8 Å². The van der Waals surface area contributed by atoms with E-state index in [0.29, 0.717) is 17.7 Å². The number of H-pyrrole nitrogens is 1. The summed E-state index contributed by atoms with van der Waals surface area (Å²) in [5, 5.41) is 26.8. The lowest BCUT2D eigenvalue weighted by atomic mass is 10.0. The number of benzene rings is 3. The highest BCUT2D eigenvalue weighted by molar-refractivity contribution is 7.71. The van der Waals surface area contributed by atoms with Crippen molar-refractivity contribution in [2.75, 3.05) is 0 Å². The molecule has 28 heavy (non-hydrogen) atoms. The fourth-order valence-corrected chi connectivity index (χ4v) is 3.43. The molecule has 0 amide bonds. The molecule has 0 aliphatic rings. The molecule has 0 saturated heterocycles. The third-order valence-corrected chi connectivity index (χ3v) is 4.97. The molecule has 0 atom stereocenters. The second kappa shape index (κ2) is 7.70. The van der Waals surface area contributed by atoms with E-state index >= 15 is 0 Å². The first kappa shape index (κ1) is 18.0. The predicted octanol–water partition coefficient (Wildman–Crippen LogP) is 4.93. The molecule has 1 heterocycles. The number of phenols is 2. The normalized spacial score (nSPS) is 10.9.